The molecule has 7 heteroatoms. The highest BCUT2D eigenvalue weighted by atomic mass is 32.1. The smallest absolute Gasteiger partial charge is 0.253 e. The Kier molecular flexibility index (Phi) is 5.85. The van der Waals surface area contributed by atoms with E-state index in [4.69, 9.17) is 0 Å². The van der Waals surface area contributed by atoms with Crippen molar-refractivity contribution >= 4 is 33.4 Å². The van der Waals surface area contributed by atoms with Crippen molar-refractivity contribution in [2.75, 3.05) is 26.2 Å². The van der Waals surface area contributed by atoms with Crippen molar-refractivity contribution in [2.45, 2.75) is 19.3 Å². The van der Waals surface area contributed by atoms with Crippen LogP contribution < -0.4 is 0 Å². The number of rotatable bonds is 5. The van der Waals surface area contributed by atoms with E-state index >= 15 is 0 Å². The average molecular weight is 412 g/mol. The first-order valence-electron chi connectivity index (χ1n) is 9.77. The van der Waals surface area contributed by atoms with E-state index in [1.54, 1.807) is 16.2 Å². The predicted octanol–water partition coefficient (Wildman–Crippen LogP) is 3.74. The number of carbonyl (C=O) groups is 2. The summed E-state index contributed by atoms with van der Waals surface area (Å²) in [5.74, 6) is -0.351. The molecule has 1 aromatic heterocycles. The number of fused-ring (bicyclic) bond motifs is 1. The maximum absolute atomic E-state index is 13.0. The van der Waals surface area contributed by atoms with Crippen LogP contribution in [-0.4, -0.2) is 52.8 Å². The molecule has 0 aliphatic carbocycles. The fourth-order valence-electron chi connectivity index (χ4n) is 3.51. The maximum atomic E-state index is 13.0. The van der Waals surface area contributed by atoms with Gasteiger partial charge in [0.25, 0.3) is 5.91 Å². The Bertz CT molecular complexity index is 977. The Hall–Kier alpha value is -2.80. The summed E-state index contributed by atoms with van der Waals surface area (Å²) in [6.07, 6.45) is 2.06. The lowest BCUT2D eigenvalue weighted by molar-refractivity contribution is -0.132. The van der Waals surface area contributed by atoms with Crippen molar-refractivity contribution in [1.82, 2.24) is 14.8 Å². The number of halogens is 1. The van der Waals surface area contributed by atoms with Crippen LogP contribution >= 0.6 is 11.3 Å². The summed E-state index contributed by atoms with van der Waals surface area (Å²) in [6, 6.07) is 13.6. The first kappa shape index (κ1) is 19.5. The summed E-state index contributed by atoms with van der Waals surface area (Å²) in [4.78, 5) is 33.2. The molecule has 0 radical (unpaired) electrons. The van der Waals surface area contributed by atoms with Gasteiger partial charge in [-0.3, -0.25) is 9.59 Å². The van der Waals surface area contributed by atoms with Gasteiger partial charge in [0.1, 0.15) is 5.82 Å². The maximum Gasteiger partial charge on any atom is 0.253 e. The molecule has 1 saturated heterocycles. The minimum absolute atomic E-state index is 0.118. The third-order valence-electron chi connectivity index (χ3n) is 5.13. The third kappa shape index (κ3) is 4.62. The standard InChI is InChI=1S/C22H22FN3O2S/c23-17-10-8-16(9-11-17)22(28)26-14-12-25(13-15-26)21(27)7-3-6-20-24-18-4-1-2-5-19(18)29-20/h1-2,4-5,8-11H,3,6-7,12-15H2. The first-order chi connectivity index (χ1) is 14.1. The number of nitrogens with zero attached hydrogens (tertiary/aromatic N) is 3. The van der Waals surface area contributed by atoms with Crippen LogP contribution in [0.3, 0.4) is 0 Å². The Morgan fingerprint density at radius 2 is 1.66 bits per heavy atom. The van der Waals surface area contributed by atoms with Crippen molar-refractivity contribution in [2.24, 2.45) is 0 Å². The van der Waals surface area contributed by atoms with E-state index in [2.05, 4.69) is 11.1 Å². The highest BCUT2D eigenvalue weighted by molar-refractivity contribution is 7.18. The van der Waals surface area contributed by atoms with Gasteiger partial charge in [0.05, 0.1) is 15.2 Å². The summed E-state index contributed by atoms with van der Waals surface area (Å²) in [6.45, 7) is 2.07. The Balaban J connectivity index is 1.23. The number of hydrogen-bond acceptors (Lipinski definition) is 4. The SMILES string of the molecule is O=C(CCCc1nc2ccccc2s1)N1CCN(C(=O)c2ccc(F)cc2)CC1. The highest BCUT2D eigenvalue weighted by Crippen LogP contribution is 2.23. The quantitative estimate of drug-likeness (QED) is 0.643. The van der Waals surface area contributed by atoms with Gasteiger partial charge in [0, 0.05) is 38.2 Å². The molecule has 0 atom stereocenters. The van der Waals surface area contributed by atoms with Crippen LogP contribution in [0.15, 0.2) is 48.5 Å². The van der Waals surface area contributed by atoms with Gasteiger partial charge >= 0.3 is 0 Å². The average Bonchev–Trinajstić information content (AvgIpc) is 3.16. The fourth-order valence-corrected chi connectivity index (χ4v) is 4.52. The lowest BCUT2D eigenvalue weighted by Crippen LogP contribution is -2.50. The van der Waals surface area contributed by atoms with E-state index in [-0.39, 0.29) is 17.6 Å². The van der Waals surface area contributed by atoms with E-state index in [0.717, 1.165) is 23.4 Å². The summed E-state index contributed by atoms with van der Waals surface area (Å²) >= 11 is 1.68. The van der Waals surface area contributed by atoms with Crippen LogP contribution in [0.5, 0.6) is 0 Å². The van der Waals surface area contributed by atoms with E-state index in [1.807, 2.05) is 23.1 Å². The molecular weight excluding hydrogens is 389 g/mol. The van der Waals surface area contributed by atoms with Gasteiger partial charge in [-0.1, -0.05) is 12.1 Å². The molecule has 3 aromatic rings. The predicted molar refractivity (Wildman–Crippen MR) is 111 cm³/mol. The lowest BCUT2D eigenvalue weighted by atomic mass is 10.1. The number of piperazine rings is 1. The number of para-hydroxylation sites is 1. The zero-order chi connectivity index (χ0) is 20.2. The van der Waals surface area contributed by atoms with E-state index < -0.39 is 0 Å². The number of benzene rings is 2. The molecule has 150 valence electrons. The molecule has 1 aliphatic heterocycles. The van der Waals surface area contributed by atoms with Gasteiger partial charge in [0.2, 0.25) is 5.91 Å². The first-order valence-corrected chi connectivity index (χ1v) is 10.6. The second kappa shape index (κ2) is 8.69. The Morgan fingerprint density at radius 3 is 2.38 bits per heavy atom. The monoisotopic (exact) mass is 411 g/mol. The zero-order valence-electron chi connectivity index (χ0n) is 16.0. The van der Waals surface area contributed by atoms with Crippen LogP contribution in [0, 0.1) is 5.82 Å². The minimum Gasteiger partial charge on any atom is -0.339 e. The number of thiazole rings is 1. The molecule has 0 saturated carbocycles. The van der Waals surface area contributed by atoms with Gasteiger partial charge < -0.3 is 9.80 Å². The number of aromatic nitrogens is 1. The molecule has 0 bridgehead atoms. The number of carbonyl (C=O) groups excluding carboxylic acids is 2. The Labute approximate surface area is 172 Å². The second-order valence-electron chi connectivity index (χ2n) is 7.11. The molecule has 0 spiro atoms. The highest BCUT2D eigenvalue weighted by Gasteiger charge is 2.24. The molecule has 0 N–H and O–H groups in total. The molecule has 2 amide bonds. The molecule has 0 unspecified atom stereocenters. The topological polar surface area (TPSA) is 53.5 Å². The number of hydrogen-bond donors (Lipinski definition) is 0. The number of aryl methyl sites for hydroxylation is 1. The number of amides is 2. The van der Waals surface area contributed by atoms with Crippen molar-refractivity contribution in [3.05, 3.63) is 64.9 Å². The van der Waals surface area contributed by atoms with Crippen LogP contribution in [0.25, 0.3) is 10.2 Å². The van der Waals surface area contributed by atoms with Gasteiger partial charge in [-0.05, 0) is 49.2 Å². The molecule has 2 heterocycles. The third-order valence-corrected chi connectivity index (χ3v) is 6.23. The van der Waals surface area contributed by atoms with Gasteiger partial charge in [-0.25, -0.2) is 9.37 Å². The van der Waals surface area contributed by atoms with Gasteiger partial charge in [0.15, 0.2) is 0 Å². The van der Waals surface area contributed by atoms with Crippen molar-refractivity contribution in [3.63, 3.8) is 0 Å². The fraction of sp³-hybridized carbons (Fsp3) is 0.318. The lowest BCUT2D eigenvalue weighted by Gasteiger charge is -2.35. The summed E-state index contributed by atoms with van der Waals surface area (Å²) < 4.78 is 14.2. The Morgan fingerprint density at radius 1 is 0.966 bits per heavy atom. The van der Waals surface area contributed by atoms with E-state index in [0.29, 0.717) is 38.2 Å². The molecule has 1 aliphatic rings. The molecule has 4 rings (SSSR count). The van der Waals surface area contributed by atoms with Crippen molar-refractivity contribution in [1.29, 1.82) is 0 Å². The van der Waals surface area contributed by atoms with E-state index in [9.17, 15) is 14.0 Å². The van der Waals surface area contributed by atoms with Crippen LogP contribution in [0.4, 0.5) is 4.39 Å². The van der Waals surface area contributed by atoms with Crippen LogP contribution in [0.1, 0.15) is 28.2 Å². The van der Waals surface area contributed by atoms with Gasteiger partial charge in [-0.2, -0.15) is 0 Å². The van der Waals surface area contributed by atoms with Crippen molar-refractivity contribution < 1.29 is 14.0 Å². The molecule has 1 fully saturated rings. The van der Waals surface area contributed by atoms with Crippen molar-refractivity contribution in [3.8, 4) is 0 Å². The van der Waals surface area contributed by atoms with Crippen LogP contribution in [-0.2, 0) is 11.2 Å². The summed E-state index contributed by atoms with van der Waals surface area (Å²) in [5.41, 5.74) is 1.49. The summed E-state index contributed by atoms with van der Waals surface area (Å²) in [7, 11) is 0. The largest absolute Gasteiger partial charge is 0.339 e. The normalized spacial score (nSPS) is 14.4. The van der Waals surface area contributed by atoms with E-state index in [1.165, 1.54) is 29.0 Å². The molecule has 2 aromatic carbocycles. The molecule has 29 heavy (non-hydrogen) atoms. The summed E-state index contributed by atoms with van der Waals surface area (Å²) in [5, 5.41) is 1.06. The molecular formula is C22H22FN3O2S. The second-order valence-corrected chi connectivity index (χ2v) is 8.22. The van der Waals surface area contributed by atoms with Gasteiger partial charge in [-0.15, -0.1) is 11.3 Å². The van der Waals surface area contributed by atoms with Crippen LogP contribution in [0.2, 0.25) is 0 Å². The zero-order valence-corrected chi connectivity index (χ0v) is 16.8. The molecule has 5 nitrogen and oxygen atoms in total. The minimum atomic E-state index is -0.359.